The molecule has 2 aromatic heterocycles. The van der Waals surface area contributed by atoms with Crippen LogP contribution in [0.3, 0.4) is 0 Å². The zero-order chi connectivity index (χ0) is 20.2. The molecule has 2 nitrogen and oxygen atoms in total. The van der Waals surface area contributed by atoms with Gasteiger partial charge in [0, 0.05) is 41.8 Å². The SMILES string of the molecule is Cc1ccc(-c2cccc[n+]2C)c(CC[n+]2ccccc2-c2ccccc2C)c1. The Kier molecular flexibility index (Phi) is 5.53. The summed E-state index contributed by atoms with van der Waals surface area (Å²) in [5.41, 5.74) is 9.13. The molecule has 0 spiro atoms. The lowest BCUT2D eigenvalue weighted by Gasteiger charge is -2.10. The van der Waals surface area contributed by atoms with Gasteiger partial charge in [-0.15, -0.1) is 0 Å². The van der Waals surface area contributed by atoms with E-state index in [0.29, 0.717) is 0 Å². The van der Waals surface area contributed by atoms with E-state index in [1.807, 2.05) is 0 Å². The van der Waals surface area contributed by atoms with E-state index in [1.54, 1.807) is 0 Å². The Morgan fingerprint density at radius 2 is 1.41 bits per heavy atom. The molecule has 2 aromatic carbocycles. The maximum Gasteiger partial charge on any atom is 0.212 e. The highest BCUT2D eigenvalue weighted by atomic mass is 15.0. The largest absolute Gasteiger partial charge is 0.212 e. The van der Waals surface area contributed by atoms with Crippen molar-refractivity contribution < 1.29 is 9.13 Å². The topological polar surface area (TPSA) is 7.76 Å². The molecule has 0 saturated heterocycles. The Bertz CT molecular complexity index is 1140. The number of benzene rings is 2. The first-order chi connectivity index (χ1) is 14.1. The van der Waals surface area contributed by atoms with Crippen molar-refractivity contribution >= 4 is 0 Å². The predicted molar refractivity (Wildman–Crippen MR) is 118 cm³/mol. The quantitative estimate of drug-likeness (QED) is 0.431. The van der Waals surface area contributed by atoms with Crippen molar-refractivity contribution in [3.63, 3.8) is 0 Å². The standard InChI is InChI=1S/C27H28N2/c1-21-14-15-25(26-12-6-8-17-28(26)3)23(20-21)16-19-29-18-9-7-13-27(29)24-11-5-4-10-22(24)2/h4-15,17-18,20H,16,19H2,1-3H3/q+2. The summed E-state index contributed by atoms with van der Waals surface area (Å²) in [5, 5.41) is 0. The first-order valence-electron chi connectivity index (χ1n) is 10.2. The van der Waals surface area contributed by atoms with Gasteiger partial charge >= 0.3 is 0 Å². The summed E-state index contributed by atoms with van der Waals surface area (Å²) in [6, 6.07) is 28.3. The average Bonchev–Trinajstić information content (AvgIpc) is 2.74. The molecular weight excluding hydrogens is 352 g/mol. The molecule has 4 rings (SSSR count). The van der Waals surface area contributed by atoms with Crippen LogP contribution in [-0.2, 0) is 20.0 Å². The number of hydrogen-bond acceptors (Lipinski definition) is 0. The lowest BCUT2D eigenvalue weighted by Crippen LogP contribution is -2.37. The van der Waals surface area contributed by atoms with Crippen LogP contribution in [-0.4, -0.2) is 0 Å². The number of nitrogens with zero attached hydrogens (tertiary/aromatic N) is 2. The monoisotopic (exact) mass is 380 g/mol. The van der Waals surface area contributed by atoms with E-state index in [-0.39, 0.29) is 0 Å². The van der Waals surface area contributed by atoms with Crippen LogP contribution >= 0.6 is 0 Å². The molecular formula is C27H28N2+2. The molecule has 0 aliphatic heterocycles. The lowest BCUT2D eigenvalue weighted by atomic mass is 9.98. The van der Waals surface area contributed by atoms with Crippen molar-refractivity contribution in [1.82, 2.24) is 0 Å². The van der Waals surface area contributed by atoms with Gasteiger partial charge in [-0.05, 0) is 49.2 Å². The third-order valence-corrected chi connectivity index (χ3v) is 5.58. The first-order valence-corrected chi connectivity index (χ1v) is 10.2. The molecule has 0 saturated carbocycles. The summed E-state index contributed by atoms with van der Waals surface area (Å²) in [4.78, 5) is 0. The molecule has 4 aromatic rings. The Hall–Kier alpha value is -3.26. The molecule has 29 heavy (non-hydrogen) atoms. The minimum absolute atomic E-state index is 0.942. The molecule has 0 bridgehead atoms. The molecule has 144 valence electrons. The number of hydrogen-bond donors (Lipinski definition) is 0. The third-order valence-electron chi connectivity index (χ3n) is 5.58. The number of pyridine rings is 2. The summed E-state index contributed by atoms with van der Waals surface area (Å²) in [6.45, 7) is 5.30. The Balaban J connectivity index is 1.69. The van der Waals surface area contributed by atoms with Crippen LogP contribution in [0.5, 0.6) is 0 Å². The fraction of sp³-hybridized carbons (Fsp3) is 0.185. The molecule has 0 unspecified atom stereocenters. The van der Waals surface area contributed by atoms with Gasteiger partial charge in [0.25, 0.3) is 0 Å². The predicted octanol–water partition coefficient (Wildman–Crippen LogP) is 4.99. The van der Waals surface area contributed by atoms with Gasteiger partial charge in [-0.1, -0.05) is 35.9 Å². The van der Waals surface area contributed by atoms with Gasteiger partial charge in [-0.3, -0.25) is 0 Å². The Labute approximate surface area is 173 Å². The first kappa shape index (κ1) is 19.1. The van der Waals surface area contributed by atoms with Crippen LogP contribution in [0.15, 0.2) is 91.3 Å². The minimum atomic E-state index is 0.942. The van der Waals surface area contributed by atoms with E-state index in [4.69, 9.17) is 0 Å². The molecule has 0 atom stereocenters. The van der Waals surface area contributed by atoms with Crippen LogP contribution in [0.4, 0.5) is 0 Å². The molecule has 0 aliphatic carbocycles. The normalized spacial score (nSPS) is 10.9. The molecule has 0 aliphatic rings. The second-order valence-corrected chi connectivity index (χ2v) is 7.70. The number of aromatic nitrogens is 2. The Morgan fingerprint density at radius 3 is 2.21 bits per heavy atom. The molecule has 0 amide bonds. The number of aryl methyl sites for hydroxylation is 5. The van der Waals surface area contributed by atoms with Crippen molar-refractivity contribution in [3.8, 4) is 22.5 Å². The van der Waals surface area contributed by atoms with E-state index in [9.17, 15) is 0 Å². The summed E-state index contributed by atoms with van der Waals surface area (Å²) < 4.78 is 4.57. The van der Waals surface area contributed by atoms with Gasteiger partial charge in [-0.2, -0.15) is 4.57 Å². The summed E-state index contributed by atoms with van der Waals surface area (Å²) >= 11 is 0. The van der Waals surface area contributed by atoms with E-state index < -0.39 is 0 Å². The van der Waals surface area contributed by atoms with Crippen LogP contribution < -0.4 is 9.13 Å². The van der Waals surface area contributed by atoms with Gasteiger partial charge in [-0.25, -0.2) is 4.57 Å². The highest BCUT2D eigenvalue weighted by Gasteiger charge is 2.17. The van der Waals surface area contributed by atoms with Crippen molar-refractivity contribution in [2.45, 2.75) is 26.8 Å². The second-order valence-electron chi connectivity index (χ2n) is 7.70. The maximum absolute atomic E-state index is 2.37. The van der Waals surface area contributed by atoms with Crippen LogP contribution in [0.1, 0.15) is 16.7 Å². The zero-order valence-electron chi connectivity index (χ0n) is 17.5. The number of rotatable bonds is 5. The van der Waals surface area contributed by atoms with E-state index in [1.165, 1.54) is 39.2 Å². The van der Waals surface area contributed by atoms with E-state index >= 15 is 0 Å². The maximum atomic E-state index is 2.37. The van der Waals surface area contributed by atoms with Crippen molar-refractivity contribution in [2.75, 3.05) is 0 Å². The Morgan fingerprint density at radius 1 is 0.690 bits per heavy atom. The average molecular weight is 381 g/mol. The van der Waals surface area contributed by atoms with Gasteiger partial charge in [0.15, 0.2) is 18.9 Å². The molecule has 2 heteroatoms. The minimum Gasteiger partial charge on any atom is -0.201 e. The zero-order valence-corrected chi connectivity index (χ0v) is 17.5. The molecule has 0 fully saturated rings. The van der Waals surface area contributed by atoms with Crippen molar-refractivity contribution in [3.05, 3.63) is 108 Å². The molecule has 2 heterocycles. The van der Waals surface area contributed by atoms with Crippen LogP contribution in [0.25, 0.3) is 22.5 Å². The van der Waals surface area contributed by atoms with Crippen LogP contribution in [0.2, 0.25) is 0 Å². The lowest BCUT2D eigenvalue weighted by molar-refractivity contribution is -0.685. The summed E-state index contributed by atoms with van der Waals surface area (Å²) in [5.74, 6) is 0. The summed E-state index contributed by atoms with van der Waals surface area (Å²) in [7, 11) is 2.11. The molecule has 0 N–H and O–H groups in total. The van der Waals surface area contributed by atoms with E-state index in [0.717, 1.165) is 13.0 Å². The smallest absolute Gasteiger partial charge is 0.201 e. The fourth-order valence-corrected chi connectivity index (χ4v) is 4.00. The van der Waals surface area contributed by atoms with Gasteiger partial charge in [0.05, 0.1) is 0 Å². The summed E-state index contributed by atoms with van der Waals surface area (Å²) in [6.07, 6.45) is 5.29. The highest BCUT2D eigenvalue weighted by molar-refractivity contribution is 5.62. The molecule has 0 radical (unpaired) electrons. The second kappa shape index (κ2) is 8.40. The van der Waals surface area contributed by atoms with Crippen molar-refractivity contribution in [1.29, 1.82) is 0 Å². The van der Waals surface area contributed by atoms with Gasteiger partial charge < -0.3 is 0 Å². The third kappa shape index (κ3) is 4.12. The fourth-order valence-electron chi connectivity index (χ4n) is 4.00. The van der Waals surface area contributed by atoms with Crippen LogP contribution in [0, 0.1) is 13.8 Å². The van der Waals surface area contributed by atoms with Gasteiger partial charge in [0.2, 0.25) is 11.4 Å². The van der Waals surface area contributed by atoms with E-state index in [2.05, 4.69) is 121 Å². The highest BCUT2D eigenvalue weighted by Crippen LogP contribution is 2.23. The van der Waals surface area contributed by atoms with Crippen molar-refractivity contribution in [2.24, 2.45) is 7.05 Å². The van der Waals surface area contributed by atoms with Gasteiger partial charge in [0.1, 0.15) is 7.05 Å².